The van der Waals surface area contributed by atoms with Gasteiger partial charge in [0, 0.05) is 12.2 Å². The van der Waals surface area contributed by atoms with Gasteiger partial charge in [-0.3, -0.25) is 4.79 Å². The van der Waals surface area contributed by atoms with Crippen LogP contribution in [0.4, 0.5) is 11.5 Å². The first-order valence-electron chi connectivity index (χ1n) is 5.69. The molecule has 1 aromatic rings. The molecule has 0 spiro atoms. The SMILES string of the molecule is CCOC(=O)CN(c1ncccc1N)C(C)C. The molecule has 0 radical (unpaired) electrons. The molecule has 0 aromatic carbocycles. The quantitative estimate of drug-likeness (QED) is 0.785. The van der Waals surface area contributed by atoms with Gasteiger partial charge >= 0.3 is 5.97 Å². The number of esters is 1. The third-order valence-electron chi connectivity index (χ3n) is 2.32. The van der Waals surface area contributed by atoms with Crippen molar-refractivity contribution in [1.29, 1.82) is 0 Å². The van der Waals surface area contributed by atoms with Gasteiger partial charge in [-0.15, -0.1) is 0 Å². The van der Waals surface area contributed by atoms with Crippen LogP contribution >= 0.6 is 0 Å². The summed E-state index contributed by atoms with van der Waals surface area (Å²) >= 11 is 0. The van der Waals surface area contributed by atoms with Crippen LogP contribution < -0.4 is 10.6 Å². The fourth-order valence-electron chi connectivity index (χ4n) is 1.50. The second-order valence-corrected chi connectivity index (χ2v) is 3.94. The average molecular weight is 237 g/mol. The zero-order valence-corrected chi connectivity index (χ0v) is 10.5. The molecule has 0 bridgehead atoms. The lowest BCUT2D eigenvalue weighted by atomic mass is 10.2. The van der Waals surface area contributed by atoms with Crippen LogP contribution in [-0.4, -0.2) is 30.1 Å². The molecule has 5 nitrogen and oxygen atoms in total. The van der Waals surface area contributed by atoms with Crippen LogP contribution in [0.1, 0.15) is 20.8 Å². The van der Waals surface area contributed by atoms with E-state index in [1.807, 2.05) is 18.7 Å². The Morgan fingerprint density at radius 3 is 2.82 bits per heavy atom. The Bertz CT molecular complexity index is 380. The number of ether oxygens (including phenoxy) is 1. The summed E-state index contributed by atoms with van der Waals surface area (Å²) in [6.07, 6.45) is 1.66. The molecule has 0 saturated carbocycles. The number of anilines is 2. The first-order valence-corrected chi connectivity index (χ1v) is 5.69. The molecule has 0 atom stereocenters. The molecule has 0 fully saturated rings. The van der Waals surface area contributed by atoms with Crippen molar-refractivity contribution in [2.45, 2.75) is 26.8 Å². The predicted octanol–water partition coefficient (Wildman–Crippen LogP) is 1.44. The van der Waals surface area contributed by atoms with E-state index in [2.05, 4.69) is 4.98 Å². The van der Waals surface area contributed by atoms with Crippen LogP contribution in [0.2, 0.25) is 0 Å². The first-order chi connectivity index (χ1) is 8.06. The average Bonchev–Trinajstić information content (AvgIpc) is 2.27. The van der Waals surface area contributed by atoms with E-state index in [0.717, 1.165) is 0 Å². The molecule has 17 heavy (non-hydrogen) atoms. The van der Waals surface area contributed by atoms with Crippen LogP contribution in [0.15, 0.2) is 18.3 Å². The van der Waals surface area contributed by atoms with E-state index in [-0.39, 0.29) is 18.6 Å². The van der Waals surface area contributed by atoms with E-state index in [9.17, 15) is 4.79 Å². The number of nitrogen functional groups attached to an aromatic ring is 1. The number of nitrogens with two attached hydrogens (primary N) is 1. The summed E-state index contributed by atoms with van der Waals surface area (Å²) in [7, 11) is 0. The smallest absolute Gasteiger partial charge is 0.325 e. The van der Waals surface area contributed by atoms with Gasteiger partial charge < -0.3 is 15.4 Å². The van der Waals surface area contributed by atoms with Crippen molar-refractivity contribution in [3.63, 3.8) is 0 Å². The molecule has 5 heteroatoms. The standard InChI is InChI=1S/C12H19N3O2/c1-4-17-11(16)8-15(9(2)3)12-10(13)6-5-7-14-12/h5-7,9H,4,8,13H2,1-3H3. The molecule has 2 N–H and O–H groups in total. The molecule has 0 aliphatic rings. The minimum Gasteiger partial charge on any atom is -0.465 e. The number of hydrogen-bond acceptors (Lipinski definition) is 5. The number of pyridine rings is 1. The minimum absolute atomic E-state index is 0.122. The van der Waals surface area contributed by atoms with Gasteiger partial charge in [0.05, 0.1) is 12.3 Å². The Labute approximate surface area is 102 Å². The zero-order chi connectivity index (χ0) is 12.8. The highest BCUT2D eigenvalue weighted by atomic mass is 16.5. The number of rotatable bonds is 5. The molecule has 0 unspecified atom stereocenters. The maximum atomic E-state index is 11.5. The Kier molecular flexibility index (Phi) is 4.75. The van der Waals surface area contributed by atoms with Crippen LogP contribution in [0.25, 0.3) is 0 Å². The van der Waals surface area contributed by atoms with E-state index in [1.54, 1.807) is 25.3 Å². The highest BCUT2D eigenvalue weighted by Crippen LogP contribution is 2.21. The predicted molar refractivity (Wildman–Crippen MR) is 67.8 cm³/mol. The summed E-state index contributed by atoms with van der Waals surface area (Å²) in [6, 6.07) is 3.65. The lowest BCUT2D eigenvalue weighted by Crippen LogP contribution is -2.37. The van der Waals surface area contributed by atoms with E-state index in [0.29, 0.717) is 18.1 Å². The Balaban J connectivity index is 2.87. The fraction of sp³-hybridized carbons (Fsp3) is 0.500. The van der Waals surface area contributed by atoms with Crippen LogP contribution in [-0.2, 0) is 9.53 Å². The molecular formula is C12H19N3O2. The van der Waals surface area contributed by atoms with Gasteiger partial charge in [0.1, 0.15) is 6.54 Å². The third kappa shape index (κ3) is 3.62. The molecule has 0 aliphatic carbocycles. The molecule has 1 heterocycles. The second-order valence-electron chi connectivity index (χ2n) is 3.94. The summed E-state index contributed by atoms with van der Waals surface area (Å²) in [5, 5.41) is 0. The minimum atomic E-state index is -0.272. The molecule has 0 amide bonds. The van der Waals surface area contributed by atoms with Crippen molar-refractivity contribution in [1.82, 2.24) is 4.98 Å². The van der Waals surface area contributed by atoms with E-state index in [1.165, 1.54) is 0 Å². The van der Waals surface area contributed by atoms with Crippen molar-refractivity contribution in [2.75, 3.05) is 23.8 Å². The van der Waals surface area contributed by atoms with Gasteiger partial charge in [-0.25, -0.2) is 4.98 Å². The third-order valence-corrected chi connectivity index (χ3v) is 2.32. The van der Waals surface area contributed by atoms with Crippen molar-refractivity contribution < 1.29 is 9.53 Å². The van der Waals surface area contributed by atoms with Gasteiger partial charge in [-0.2, -0.15) is 0 Å². The van der Waals surface area contributed by atoms with E-state index in [4.69, 9.17) is 10.5 Å². The fourth-order valence-corrected chi connectivity index (χ4v) is 1.50. The Morgan fingerprint density at radius 2 is 2.29 bits per heavy atom. The number of carbonyl (C=O) groups is 1. The second kappa shape index (κ2) is 6.08. The number of hydrogen-bond donors (Lipinski definition) is 1. The van der Waals surface area contributed by atoms with E-state index < -0.39 is 0 Å². The van der Waals surface area contributed by atoms with Gasteiger partial charge in [0.25, 0.3) is 0 Å². The lowest BCUT2D eigenvalue weighted by Gasteiger charge is -2.27. The summed E-state index contributed by atoms with van der Waals surface area (Å²) in [6.45, 7) is 6.28. The van der Waals surface area contributed by atoms with Crippen LogP contribution in [0, 0.1) is 0 Å². The van der Waals surface area contributed by atoms with Gasteiger partial charge in [-0.1, -0.05) is 0 Å². The monoisotopic (exact) mass is 237 g/mol. The largest absolute Gasteiger partial charge is 0.465 e. The lowest BCUT2D eigenvalue weighted by molar-refractivity contribution is -0.141. The Hall–Kier alpha value is -1.78. The maximum Gasteiger partial charge on any atom is 0.325 e. The van der Waals surface area contributed by atoms with E-state index >= 15 is 0 Å². The van der Waals surface area contributed by atoms with Crippen LogP contribution in [0.3, 0.4) is 0 Å². The van der Waals surface area contributed by atoms with Crippen molar-refractivity contribution >= 4 is 17.5 Å². The molecule has 94 valence electrons. The highest BCUT2D eigenvalue weighted by Gasteiger charge is 2.18. The first kappa shape index (κ1) is 13.3. The summed E-state index contributed by atoms with van der Waals surface area (Å²) in [5.41, 5.74) is 6.41. The van der Waals surface area contributed by atoms with Gasteiger partial charge in [0.2, 0.25) is 0 Å². The summed E-state index contributed by atoms with van der Waals surface area (Å²) in [5.74, 6) is 0.349. The van der Waals surface area contributed by atoms with Crippen LogP contribution in [0.5, 0.6) is 0 Å². The summed E-state index contributed by atoms with van der Waals surface area (Å²) in [4.78, 5) is 17.5. The van der Waals surface area contributed by atoms with Gasteiger partial charge in [0.15, 0.2) is 5.82 Å². The molecular weight excluding hydrogens is 218 g/mol. The molecule has 1 rings (SSSR count). The topological polar surface area (TPSA) is 68.5 Å². The molecule has 1 aromatic heterocycles. The molecule has 0 saturated heterocycles. The van der Waals surface area contributed by atoms with Gasteiger partial charge in [-0.05, 0) is 32.9 Å². The van der Waals surface area contributed by atoms with Crippen molar-refractivity contribution in [3.8, 4) is 0 Å². The Morgan fingerprint density at radius 1 is 1.59 bits per heavy atom. The normalized spacial score (nSPS) is 10.4. The summed E-state index contributed by atoms with van der Waals surface area (Å²) < 4.78 is 4.93. The maximum absolute atomic E-state index is 11.5. The highest BCUT2D eigenvalue weighted by molar-refractivity contribution is 5.77. The number of nitrogens with zero attached hydrogens (tertiary/aromatic N) is 2. The van der Waals surface area contributed by atoms with Crippen molar-refractivity contribution in [2.24, 2.45) is 0 Å². The number of aromatic nitrogens is 1. The van der Waals surface area contributed by atoms with Crippen molar-refractivity contribution in [3.05, 3.63) is 18.3 Å². The molecule has 0 aliphatic heterocycles. The zero-order valence-electron chi connectivity index (χ0n) is 10.5. The number of carbonyl (C=O) groups excluding carboxylic acids is 1.